The first-order chi connectivity index (χ1) is 12.1. The van der Waals surface area contributed by atoms with Crippen LogP contribution in [0.5, 0.6) is 0 Å². The Balaban J connectivity index is 2.30. The third kappa shape index (κ3) is 5.57. The minimum absolute atomic E-state index is 0.977. The Morgan fingerprint density at radius 1 is 0.840 bits per heavy atom. The molecule has 138 valence electrons. The van der Waals surface area contributed by atoms with Gasteiger partial charge in [0.2, 0.25) is 0 Å². The van der Waals surface area contributed by atoms with E-state index in [1.54, 1.807) is 3.58 Å². The van der Waals surface area contributed by atoms with Crippen LogP contribution in [0.15, 0.2) is 30.9 Å². The van der Waals surface area contributed by atoms with E-state index >= 15 is 0 Å². The van der Waals surface area contributed by atoms with Gasteiger partial charge in [-0.1, -0.05) is 0 Å². The molecule has 0 radical (unpaired) electrons. The van der Waals surface area contributed by atoms with Gasteiger partial charge >= 0.3 is 158 Å². The molecule has 0 unspecified atom stereocenters. The maximum absolute atomic E-state index is 4.83. The van der Waals surface area contributed by atoms with Gasteiger partial charge in [-0.2, -0.15) is 0 Å². The molecule has 2 aromatic heterocycles. The number of unbranched alkanes of at least 4 members (excludes halogenated alkanes) is 3. The summed E-state index contributed by atoms with van der Waals surface area (Å²) in [4.78, 5) is 9.27. The van der Waals surface area contributed by atoms with Gasteiger partial charge in [-0.3, -0.25) is 0 Å². The Kier molecular flexibility index (Phi) is 8.47. The molecule has 0 fully saturated rings. The molecule has 0 atom stereocenters. The fourth-order valence-electron chi connectivity index (χ4n) is 3.76. The normalized spacial score (nSPS) is 11.8. The number of rotatable bonds is 11. The summed E-state index contributed by atoms with van der Waals surface area (Å²) in [6, 6.07) is 4.63. The minimum atomic E-state index is -2.33. The summed E-state index contributed by atoms with van der Waals surface area (Å²) < 4.78 is 8.11. The fraction of sp³-hybridized carbons (Fsp3) is 0.619. The Hall–Kier alpha value is -0.841. The van der Waals surface area contributed by atoms with Crippen LogP contribution in [0.25, 0.3) is 11.4 Å². The van der Waals surface area contributed by atoms with Crippen LogP contribution in [-0.2, 0) is 7.05 Å². The van der Waals surface area contributed by atoms with E-state index in [1.807, 2.05) is 24.1 Å². The summed E-state index contributed by atoms with van der Waals surface area (Å²) in [5.74, 6) is 0. The summed E-state index contributed by atoms with van der Waals surface area (Å²) in [5.41, 5.74) is 1.98. The van der Waals surface area contributed by atoms with E-state index < -0.39 is 18.4 Å². The topological polar surface area (TPSA) is 30.7 Å². The van der Waals surface area contributed by atoms with Crippen molar-refractivity contribution in [1.82, 2.24) is 14.5 Å². The molecule has 2 heterocycles. The number of hydrogen-bond acceptors (Lipinski definition) is 2. The van der Waals surface area contributed by atoms with E-state index in [4.69, 9.17) is 4.98 Å². The van der Waals surface area contributed by atoms with Crippen LogP contribution in [0.3, 0.4) is 0 Å². The zero-order valence-electron chi connectivity index (χ0n) is 16.6. The van der Waals surface area contributed by atoms with Crippen molar-refractivity contribution >= 4 is 22.0 Å². The number of hydrogen-bond donors (Lipinski definition) is 0. The van der Waals surface area contributed by atoms with Crippen molar-refractivity contribution in [2.24, 2.45) is 7.05 Å². The molecular weight excluding hydrogens is 413 g/mol. The van der Waals surface area contributed by atoms with Gasteiger partial charge in [0.15, 0.2) is 0 Å². The first-order valence-electron chi connectivity index (χ1n) is 10.1. The van der Waals surface area contributed by atoms with Gasteiger partial charge in [-0.05, 0) is 0 Å². The Morgan fingerprint density at radius 2 is 1.44 bits per heavy atom. The van der Waals surface area contributed by atoms with Crippen molar-refractivity contribution < 1.29 is 0 Å². The van der Waals surface area contributed by atoms with E-state index in [0.29, 0.717) is 0 Å². The summed E-state index contributed by atoms with van der Waals surface area (Å²) in [6.45, 7) is 7.00. The number of imidazole rings is 1. The molecule has 0 amide bonds. The Bertz CT molecular complexity index is 597. The monoisotopic (exact) mass is 449 g/mol. The van der Waals surface area contributed by atoms with Crippen LogP contribution in [0.4, 0.5) is 0 Å². The predicted octanol–water partition coefficient (Wildman–Crippen LogP) is 5.54. The maximum atomic E-state index is 4.83. The molecule has 2 aromatic rings. The molecule has 3 nitrogen and oxygen atoms in total. The SMILES string of the molecule is CCC[CH2][Sn]([CH2]CCC)([CH2]CCC)[c]1ccc(-c2cn(C)cn2)nc1. The molecule has 0 saturated heterocycles. The third-order valence-electron chi connectivity index (χ3n) is 5.37. The molecular formula is C21H35N3Sn. The molecule has 0 aliphatic carbocycles. The Labute approximate surface area is 158 Å². The quantitative estimate of drug-likeness (QED) is 0.423. The van der Waals surface area contributed by atoms with E-state index in [2.05, 4.69) is 44.1 Å². The molecule has 25 heavy (non-hydrogen) atoms. The standard InChI is InChI=1S/C9H8N3.3C4H9.Sn/c1-12-6-9(11-7-12)8-4-2-3-5-10-8;3*1-3-4-2;/h2,4-7H,1H3;3*1,3-4H2,2H3;. The van der Waals surface area contributed by atoms with Gasteiger partial charge in [0.25, 0.3) is 0 Å². The van der Waals surface area contributed by atoms with Crippen LogP contribution in [-0.4, -0.2) is 32.9 Å². The average molecular weight is 448 g/mol. The zero-order chi connectivity index (χ0) is 18.1. The van der Waals surface area contributed by atoms with Crippen molar-refractivity contribution in [3.8, 4) is 11.4 Å². The van der Waals surface area contributed by atoms with Crippen molar-refractivity contribution in [3.05, 3.63) is 30.9 Å². The molecule has 2 rings (SSSR count). The van der Waals surface area contributed by atoms with Gasteiger partial charge < -0.3 is 0 Å². The average Bonchev–Trinajstić information content (AvgIpc) is 3.08. The second-order valence-electron chi connectivity index (χ2n) is 7.45. The van der Waals surface area contributed by atoms with Crippen LogP contribution < -0.4 is 3.58 Å². The Morgan fingerprint density at radius 3 is 1.84 bits per heavy atom. The summed E-state index contributed by atoms with van der Waals surface area (Å²) in [6.07, 6.45) is 14.2. The van der Waals surface area contributed by atoms with Crippen LogP contribution in [0.1, 0.15) is 59.3 Å². The van der Waals surface area contributed by atoms with Gasteiger partial charge in [-0.15, -0.1) is 0 Å². The zero-order valence-corrected chi connectivity index (χ0v) is 19.4. The number of nitrogens with zero attached hydrogens (tertiary/aromatic N) is 3. The van der Waals surface area contributed by atoms with Gasteiger partial charge in [-0.25, -0.2) is 0 Å². The first kappa shape index (κ1) is 20.5. The van der Waals surface area contributed by atoms with Crippen molar-refractivity contribution in [2.75, 3.05) is 0 Å². The number of aromatic nitrogens is 3. The van der Waals surface area contributed by atoms with Crippen molar-refractivity contribution in [2.45, 2.75) is 72.6 Å². The van der Waals surface area contributed by atoms with E-state index in [0.717, 1.165) is 11.4 Å². The molecule has 0 aliphatic heterocycles. The summed E-state index contributed by atoms with van der Waals surface area (Å²) in [7, 11) is 2.01. The second kappa shape index (κ2) is 10.3. The van der Waals surface area contributed by atoms with Crippen molar-refractivity contribution in [3.63, 3.8) is 0 Å². The number of pyridine rings is 1. The number of aryl methyl sites for hydroxylation is 1. The molecule has 0 aliphatic rings. The summed E-state index contributed by atoms with van der Waals surface area (Å²) >= 11 is -2.33. The van der Waals surface area contributed by atoms with Gasteiger partial charge in [0.05, 0.1) is 0 Å². The van der Waals surface area contributed by atoms with E-state index in [-0.39, 0.29) is 0 Å². The fourth-order valence-corrected chi connectivity index (χ4v) is 19.4. The van der Waals surface area contributed by atoms with Gasteiger partial charge in [0, 0.05) is 0 Å². The molecule has 0 saturated carbocycles. The van der Waals surface area contributed by atoms with E-state index in [1.165, 1.54) is 51.8 Å². The van der Waals surface area contributed by atoms with Gasteiger partial charge in [0.1, 0.15) is 0 Å². The van der Waals surface area contributed by atoms with E-state index in [9.17, 15) is 0 Å². The van der Waals surface area contributed by atoms with Crippen LogP contribution in [0.2, 0.25) is 13.3 Å². The van der Waals surface area contributed by atoms with Crippen LogP contribution >= 0.6 is 0 Å². The van der Waals surface area contributed by atoms with Crippen LogP contribution in [0, 0.1) is 0 Å². The predicted molar refractivity (Wildman–Crippen MR) is 111 cm³/mol. The second-order valence-corrected chi connectivity index (χ2v) is 20.7. The van der Waals surface area contributed by atoms with Crippen molar-refractivity contribution in [1.29, 1.82) is 0 Å². The molecule has 0 bridgehead atoms. The molecule has 0 aromatic carbocycles. The first-order valence-corrected chi connectivity index (χ1v) is 17.6. The summed E-state index contributed by atoms with van der Waals surface area (Å²) in [5, 5.41) is 0. The molecule has 4 heteroatoms. The molecule has 0 N–H and O–H groups in total. The molecule has 0 spiro atoms. The third-order valence-corrected chi connectivity index (χ3v) is 20.9.